The van der Waals surface area contributed by atoms with Gasteiger partial charge in [-0.3, -0.25) is 19.0 Å². The first-order valence-corrected chi connectivity index (χ1v) is 6.55. The van der Waals surface area contributed by atoms with Crippen LogP contribution in [-0.2, 0) is 14.1 Å². The van der Waals surface area contributed by atoms with Crippen LogP contribution >= 0.6 is 0 Å². The van der Waals surface area contributed by atoms with E-state index in [9.17, 15) is 9.59 Å². The summed E-state index contributed by atoms with van der Waals surface area (Å²) >= 11 is 0. The van der Waals surface area contributed by atoms with Crippen molar-refractivity contribution in [3.63, 3.8) is 0 Å². The Hall–Kier alpha value is -2.04. The van der Waals surface area contributed by atoms with Crippen LogP contribution in [0, 0.1) is 0 Å². The molecule has 0 saturated carbocycles. The number of fused-ring (bicyclic) bond motifs is 1. The Kier molecular flexibility index (Phi) is 2.69. The van der Waals surface area contributed by atoms with Crippen molar-refractivity contribution >= 4 is 16.5 Å². The third-order valence-electron chi connectivity index (χ3n) is 3.97. The molecule has 3 rings (SSSR count). The first-order valence-electron chi connectivity index (χ1n) is 6.55. The Bertz CT molecular complexity index is 752. The average molecular weight is 259 g/mol. The molecule has 0 bridgehead atoms. The molecule has 2 heterocycles. The Morgan fingerprint density at radius 1 is 0.947 bits per heavy atom. The number of hydrogen-bond donors (Lipinski definition) is 0. The number of aromatic nitrogens is 2. The molecule has 1 saturated heterocycles. The Morgan fingerprint density at radius 3 is 2.26 bits per heavy atom. The molecule has 0 atom stereocenters. The fourth-order valence-electron chi connectivity index (χ4n) is 2.77. The number of benzene rings is 1. The molecule has 5 nitrogen and oxygen atoms in total. The van der Waals surface area contributed by atoms with E-state index in [-0.39, 0.29) is 11.1 Å². The highest BCUT2D eigenvalue weighted by atomic mass is 16.2. The molecule has 1 aliphatic heterocycles. The SMILES string of the molecule is Cn1c(=O)c2cccc(N3CCCC3)c2c(=O)n1C. The molecule has 0 amide bonds. The minimum absolute atomic E-state index is 0.111. The molecule has 100 valence electrons. The lowest BCUT2D eigenvalue weighted by molar-refractivity contribution is 0.543. The van der Waals surface area contributed by atoms with Gasteiger partial charge in [0, 0.05) is 27.2 Å². The van der Waals surface area contributed by atoms with Crippen LogP contribution in [0.2, 0.25) is 0 Å². The van der Waals surface area contributed by atoms with E-state index in [1.807, 2.05) is 12.1 Å². The molecule has 1 fully saturated rings. The smallest absolute Gasteiger partial charge is 0.275 e. The Labute approximate surface area is 110 Å². The van der Waals surface area contributed by atoms with Crippen LogP contribution in [0.3, 0.4) is 0 Å². The summed E-state index contributed by atoms with van der Waals surface area (Å²) in [6.07, 6.45) is 2.28. The van der Waals surface area contributed by atoms with Gasteiger partial charge in [-0.25, -0.2) is 0 Å². The summed E-state index contributed by atoms with van der Waals surface area (Å²) in [4.78, 5) is 26.9. The summed E-state index contributed by atoms with van der Waals surface area (Å²) in [5.74, 6) is 0. The molecular weight excluding hydrogens is 242 g/mol. The van der Waals surface area contributed by atoms with Crippen LogP contribution in [0.15, 0.2) is 27.8 Å². The fraction of sp³-hybridized carbons (Fsp3) is 0.429. The van der Waals surface area contributed by atoms with Crippen molar-refractivity contribution in [2.45, 2.75) is 12.8 Å². The van der Waals surface area contributed by atoms with E-state index in [0.717, 1.165) is 31.6 Å². The van der Waals surface area contributed by atoms with E-state index >= 15 is 0 Å². The number of rotatable bonds is 1. The van der Waals surface area contributed by atoms with Gasteiger partial charge in [0.1, 0.15) is 0 Å². The quantitative estimate of drug-likeness (QED) is 0.762. The molecule has 1 aromatic carbocycles. The monoisotopic (exact) mass is 259 g/mol. The summed E-state index contributed by atoms with van der Waals surface area (Å²) in [6, 6.07) is 5.53. The first-order chi connectivity index (χ1) is 9.11. The second-order valence-electron chi connectivity index (χ2n) is 5.05. The molecule has 0 N–H and O–H groups in total. The molecule has 0 spiro atoms. The maximum Gasteiger partial charge on any atom is 0.275 e. The van der Waals surface area contributed by atoms with Gasteiger partial charge in [0.15, 0.2) is 0 Å². The van der Waals surface area contributed by atoms with Gasteiger partial charge in [0.05, 0.1) is 16.5 Å². The lowest BCUT2D eigenvalue weighted by Crippen LogP contribution is -2.36. The minimum Gasteiger partial charge on any atom is -0.371 e. The van der Waals surface area contributed by atoms with Gasteiger partial charge in [0.2, 0.25) is 0 Å². The van der Waals surface area contributed by atoms with Crippen molar-refractivity contribution in [3.8, 4) is 0 Å². The molecule has 1 aromatic heterocycles. The van der Waals surface area contributed by atoms with Gasteiger partial charge in [-0.05, 0) is 25.0 Å². The van der Waals surface area contributed by atoms with Crippen molar-refractivity contribution in [2.24, 2.45) is 14.1 Å². The van der Waals surface area contributed by atoms with E-state index in [0.29, 0.717) is 10.8 Å². The molecule has 0 aliphatic carbocycles. The Morgan fingerprint density at radius 2 is 1.58 bits per heavy atom. The zero-order valence-electron chi connectivity index (χ0n) is 11.2. The van der Waals surface area contributed by atoms with E-state index < -0.39 is 0 Å². The molecule has 1 aliphatic rings. The second-order valence-corrected chi connectivity index (χ2v) is 5.05. The molecule has 2 aromatic rings. The number of anilines is 1. The van der Waals surface area contributed by atoms with Crippen LogP contribution in [-0.4, -0.2) is 22.5 Å². The zero-order chi connectivity index (χ0) is 13.6. The van der Waals surface area contributed by atoms with Crippen LogP contribution < -0.4 is 16.0 Å². The van der Waals surface area contributed by atoms with E-state index in [1.54, 1.807) is 20.2 Å². The zero-order valence-corrected chi connectivity index (χ0v) is 11.2. The summed E-state index contributed by atoms with van der Waals surface area (Å²) < 4.78 is 2.74. The summed E-state index contributed by atoms with van der Waals surface area (Å²) in [5, 5.41) is 1.06. The van der Waals surface area contributed by atoms with Gasteiger partial charge in [0.25, 0.3) is 11.1 Å². The molecule has 5 heteroatoms. The third-order valence-corrected chi connectivity index (χ3v) is 3.97. The van der Waals surface area contributed by atoms with Crippen molar-refractivity contribution in [1.82, 2.24) is 9.36 Å². The molecule has 0 radical (unpaired) electrons. The highest BCUT2D eigenvalue weighted by molar-refractivity contribution is 5.93. The summed E-state index contributed by atoms with van der Waals surface area (Å²) in [5.41, 5.74) is 0.658. The summed E-state index contributed by atoms with van der Waals surface area (Å²) in [7, 11) is 3.25. The van der Waals surface area contributed by atoms with Crippen LogP contribution in [0.1, 0.15) is 12.8 Å². The van der Waals surface area contributed by atoms with Crippen LogP contribution in [0.5, 0.6) is 0 Å². The Balaban J connectivity index is 2.42. The topological polar surface area (TPSA) is 47.2 Å². The maximum atomic E-state index is 12.5. The van der Waals surface area contributed by atoms with Gasteiger partial charge < -0.3 is 4.90 Å². The highest BCUT2D eigenvalue weighted by Gasteiger charge is 2.18. The predicted molar refractivity (Wildman–Crippen MR) is 75.9 cm³/mol. The average Bonchev–Trinajstić information content (AvgIpc) is 2.96. The predicted octanol–water partition coefficient (Wildman–Crippen LogP) is 0.837. The van der Waals surface area contributed by atoms with E-state index in [4.69, 9.17) is 0 Å². The van der Waals surface area contributed by atoms with Crippen molar-refractivity contribution in [3.05, 3.63) is 38.9 Å². The summed E-state index contributed by atoms with van der Waals surface area (Å²) in [6.45, 7) is 1.91. The molecule has 19 heavy (non-hydrogen) atoms. The van der Waals surface area contributed by atoms with Gasteiger partial charge in [-0.1, -0.05) is 6.07 Å². The normalized spacial score (nSPS) is 15.4. The van der Waals surface area contributed by atoms with Crippen LogP contribution in [0.25, 0.3) is 10.8 Å². The molecule has 0 unspecified atom stereocenters. The van der Waals surface area contributed by atoms with Gasteiger partial charge in [-0.15, -0.1) is 0 Å². The maximum absolute atomic E-state index is 12.5. The van der Waals surface area contributed by atoms with Crippen molar-refractivity contribution < 1.29 is 0 Å². The van der Waals surface area contributed by atoms with E-state index in [1.165, 1.54) is 9.36 Å². The van der Waals surface area contributed by atoms with E-state index in [2.05, 4.69) is 4.90 Å². The van der Waals surface area contributed by atoms with Gasteiger partial charge in [-0.2, -0.15) is 0 Å². The number of hydrogen-bond acceptors (Lipinski definition) is 3. The highest BCUT2D eigenvalue weighted by Crippen LogP contribution is 2.25. The first kappa shape index (κ1) is 12.0. The number of nitrogens with zero attached hydrogens (tertiary/aromatic N) is 3. The van der Waals surface area contributed by atoms with Crippen molar-refractivity contribution in [1.29, 1.82) is 0 Å². The van der Waals surface area contributed by atoms with Crippen LogP contribution in [0.4, 0.5) is 5.69 Å². The lowest BCUT2D eigenvalue weighted by Gasteiger charge is -2.20. The third kappa shape index (κ3) is 1.69. The van der Waals surface area contributed by atoms with Gasteiger partial charge >= 0.3 is 0 Å². The minimum atomic E-state index is -0.127. The fourth-order valence-corrected chi connectivity index (χ4v) is 2.77. The molecular formula is C14H17N3O2. The largest absolute Gasteiger partial charge is 0.371 e. The second kappa shape index (κ2) is 4.26. The lowest BCUT2D eigenvalue weighted by atomic mass is 10.1. The van der Waals surface area contributed by atoms with Crippen molar-refractivity contribution in [2.75, 3.05) is 18.0 Å². The standard InChI is InChI=1S/C14H17N3O2/c1-15-13(18)10-6-5-7-11(17-8-3-4-9-17)12(10)14(19)16(15)2/h5-7H,3-4,8-9H2,1-2H3.